The van der Waals surface area contributed by atoms with Crippen LogP contribution in [0.5, 0.6) is 0 Å². The molecule has 0 saturated carbocycles. The maximum atomic E-state index is 12.4. The molecule has 0 unspecified atom stereocenters. The quantitative estimate of drug-likeness (QED) is 0.799. The van der Waals surface area contributed by atoms with Crippen LogP contribution in [0.15, 0.2) is 11.1 Å². The predicted molar refractivity (Wildman–Crippen MR) is 63.9 cm³/mol. The third-order valence-corrected chi connectivity index (χ3v) is 5.20. The highest BCUT2D eigenvalue weighted by Crippen LogP contribution is 2.22. The fourth-order valence-electron chi connectivity index (χ4n) is 2.06. The Morgan fingerprint density at radius 3 is 2.76 bits per heavy atom. The van der Waals surface area contributed by atoms with Crippen LogP contribution in [0.3, 0.4) is 0 Å². The molecular weight excluding hydrogens is 240 g/mol. The van der Waals surface area contributed by atoms with Crippen LogP contribution in [-0.4, -0.2) is 41.6 Å². The van der Waals surface area contributed by atoms with E-state index in [1.165, 1.54) is 10.5 Å². The molecule has 1 aliphatic heterocycles. The standard InChI is InChI=1S/C10H18N4O2S/c1-8-10(6-12-13(8)2)17(15,16)14-5-3-4-9(11)7-14/h6,9H,3-5,7,11H2,1-2H3/t9-/m1/s1. The highest BCUT2D eigenvalue weighted by molar-refractivity contribution is 7.89. The van der Waals surface area contributed by atoms with Crippen LogP contribution in [0.25, 0.3) is 0 Å². The minimum absolute atomic E-state index is 0.0597. The second kappa shape index (κ2) is 4.40. The van der Waals surface area contributed by atoms with Gasteiger partial charge in [-0.05, 0) is 19.8 Å². The SMILES string of the molecule is Cc1c(S(=O)(=O)N2CCC[C@@H](N)C2)cnn1C. The van der Waals surface area contributed by atoms with Gasteiger partial charge in [0.2, 0.25) is 10.0 Å². The lowest BCUT2D eigenvalue weighted by Crippen LogP contribution is -2.45. The highest BCUT2D eigenvalue weighted by atomic mass is 32.2. The molecule has 0 bridgehead atoms. The summed E-state index contributed by atoms with van der Waals surface area (Å²) < 4.78 is 27.8. The molecule has 2 N–H and O–H groups in total. The van der Waals surface area contributed by atoms with Crippen LogP contribution in [0, 0.1) is 6.92 Å². The number of rotatable bonds is 2. The van der Waals surface area contributed by atoms with E-state index in [0.29, 0.717) is 18.8 Å². The van der Waals surface area contributed by atoms with E-state index in [0.717, 1.165) is 12.8 Å². The number of hydrogen-bond acceptors (Lipinski definition) is 4. The molecule has 1 aromatic heterocycles. The Kier molecular flexibility index (Phi) is 3.24. The zero-order chi connectivity index (χ0) is 12.6. The van der Waals surface area contributed by atoms with Crippen molar-refractivity contribution in [2.24, 2.45) is 12.8 Å². The highest BCUT2D eigenvalue weighted by Gasteiger charge is 2.31. The van der Waals surface area contributed by atoms with Gasteiger partial charge in [-0.25, -0.2) is 8.42 Å². The molecule has 0 aromatic carbocycles. The number of hydrogen-bond donors (Lipinski definition) is 1. The number of nitrogens with zero attached hydrogens (tertiary/aromatic N) is 3. The van der Waals surface area contributed by atoms with Gasteiger partial charge in [-0.3, -0.25) is 4.68 Å². The second-order valence-electron chi connectivity index (χ2n) is 4.48. The monoisotopic (exact) mass is 258 g/mol. The van der Waals surface area contributed by atoms with Crippen LogP contribution < -0.4 is 5.73 Å². The fourth-order valence-corrected chi connectivity index (χ4v) is 3.78. The molecule has 0 aliphatic carbocycles. The van der Waals surface area contributed by atoms with E-state index in [2.05, 4.69) is 5.10 Å². The second-order valence-corrected chi connectivity index (χ2v) is 6.39. The molecule has 2 heterocycles. The molecule has 1 aromatic rings. The summed E-state index contributed by atoms with van der Waals surface area (Å²) in [5.41, 5.74) is 6.47. The van der Waals surface area contributed by atoms with E-state index < -0.39 is 10.0 Å². The Bertz CT molecular complexity index is 508. The van der Waals surface area contributed by atoms with Gasteiger partial charge >= 0.3 is 0 Å². The summed E-state index contributed by atoms with van der Waals surface area (Å²) >= 11 is 0. The molecule has 7 heteroatoms. The molecule has 6 nitrogen and oxygen atoms in total. The summed E-state index contributed by atoms with van der Waals surface area (Å²) in [5, 5.41) is 3.98. The van der Waals surface area contributed by atoms with Gasteiger partial charge in [0.15, 0.2) is 0 Å². The first-order chi connectivity index (χ1) is 7.93. The van der Waals surface area contributed by atoms with Crippen molar-refractivity contribution in [3.8, 4) is 0 Å². The van der Waals surface area contributed by atoms with Gasteiger partial charge in [0.25, 0.3) is 0 Å². The van der Waals surface area contributed by atoms with E-state index in [9.17, 15) is 8.42 Å². The van der Waals surface area contributed by atoms with E-state index in [-0.39, 0.29) is 10.9 Å². The Balaban J connectivity index is 2.33. The van der Waals surface area contributed by atoms with Gasteiger partial charge in [-0.15, -0.1) is 0 Å². The Morgan fingerprint density at radius 2 is 2.24 bits per heavy atom. The third-order valence-electron chi connectivity index (χ3n) is 3.23. The fraction of sp³-hybridized carbons (Fsp3) is 0.700. The average molecular weight is 258 g/mol. The molecule has 1 atom stereocenters. The smallest absolute Gasteiger partial charge is 0.246 e. The molecule has 1 saturated heterocycles. The van der Waals surface area contributed by atoms with Crippen molar-refractivity contribution in [1.82, 2.24) is 14.1 Å². The van der Waals surface area contributed by atoms with Crippen molar-refractivity contribution in [1.29, 1.82) is 0 Å². The topological polar surface area (TPSA) is 81.2 Å². The predicted octanol–water partition coefficient (Wildman–Crippen LogP) is -0.160. The van der Waals surface area contributed by atoms with E-state index >= 15 is 0 Å². The van der Waals surface area contributed by atoms with E-state index in [1.54, 1.807) is 18.7 Å². The summed E-state index contributed by atoms with van der Waals surface area (Å²) in [5.74, 6) is 0. The molecule has 96 valence electrons. The van der Waals surface area contributed by atoms with Crippen LogP contribution in [0.1, 0.15) is 18.5 Å². The van der Waals surface area contributed by atoms with E-state index in [4.69, 9.17) is 5.73 Å². The summed E-state index contributed by atoms with van der Waals surface area (Å²) in [6, 6.07) is -0.0597. The molecule has 17 heavy (non-hydrogen) atoms. The average Bonchev–Trinajstić information content (AvgIpc) is 2.60. The molecule has 1 fully saturated rings. The van der Waals surface area contributed by atoms with Crippen molar-refractivity contribution < 1.29 is 8.42 Å². The van der Waals surface area contributed by atoms with E-state index in [1.807, 2.05) is 0 Å². The van der Waals surface area contributed by atoms with Gasteiger partial charge < -0.3 is 5.73 Å². The number of aromatic nitrogens is 2. The largest absolute Gasteiger partial charge is 0.327 e. The molecule has 0 amide bonds. The lowest BCUT2D eigenvalue weighted by atomic mass is 10.1. The third kappa shape index (κ3) is 2.22. The molecule has 0 radical (unpaired) electrons. The first-order valence-electron chi connectivity index (χ1n) is 5.67. The van der Waals surface area contributed by atoms with Gasteiger partial charge in [0, 0.05) is 26.2 Å². The van der Waals surface area contributed by atoms with Crippen molar-refractivity contribution in [2.45, 2.75) is 30.7 Å². The normalized spacial score (nSPS) is 22.9. The number of aryl methyl sites for hydroxylation is 1. The number of sulfonamides is 1. The lowest BCUT2D eigenvalue weighted by Gasteiger charge is -2.29. The van der Waals surface area contributed by atoms with Crippen molar-refractivity contribution >= 4 is 10.0 Å². The zero-order valence-corrected chi connectivity index (χ0v) is 10.9. The molecule has 0 spiro atoms. The Hall–Kier alpha value is -0.920. The molecular formula is C10H18N4O2S. The lowest BCUT2D eigenvalue weighted by molar-refractivity contribution is 0.316. The van der Waals surface area contributed by atoms with Crippen molar-refractivity contribution in [3.05, 3.63) is 11.9 Å². The summed E-state index contributed by atoms with van der Waals surface area (Å²) in [6.45, 7) is 2.70. The minimum atomic E-state index is -3.43. The van der Waals surface area contributed by atoms with Gasteiger partial charge in [-0.2, -0.15) is 9.40 Å². The summed E-state index contributed by atoms with van der Waals surface area (Å²) in [7, 11) is -1.70. The number of nitrogens with two attached hydrogens (primary N) is 1. The van der Waals surface area contributed by atoms with Gasteiger partial charge in [-0.1, -0.05) is 0 Å². The van der Waals surface area contributed by atoms with Gasteiger partial charge in [0.1, 0.15) is 4.90 Å². The minimum Gasteiger partial charge on any atom is -0.327 e. The molecule has 2 rings (SSSR count). The number of piperidine rings is 1. The van der Waals surface area contributed by atoms with Crippen LogP contribution in [0.4, 0.5) is 0 Å². The Labute approximate surface area is 101 Å². The van der Waals surface area contributed by atoms with Crippen LogP contribution in [-0.2, 0) is 17.1 Å². The first-order valence-corrected chi connectivity index (χ1v) is 7.11. The first kappa shape index (κ1) is 12.5. The van der Waals surface area contributed by atoms with Crippen molar-refractivity contribution in [3.63, 3.8) is 0 Å². The van der Waals surface area contributed by atoms with Gasteiger partial charge in [0.05, 0.1) is 11.9 Å². The molecule has 1 aliphatic rings. The maximum Gasteiger partial charge on any atom is 0.246 e. The van der Waals surface area contributed by atoms with Crippen LogP contribution >= 0.6 is 0 Å². The van der Waals surface area contributed by atoms with Crippen LogP contribution in [0.2, 0.25) is 0 Å². The maximum absolute atomic E-state index is 12.4. The summed E-state index contributed by atoms with van der Waals surface area (Å²) in [4.78, 5) is 0.286. The van der Waals surface area contributed by atoms with Crippen molar-refractivity contribution in [2.75, 3.05) is 13.1 Å². The zero-order valence-electron chi connectivity index (χ0n) is 10.1. The Morgan fingerprint density at radius 1 is 1.53 bits per heavy atom. The summed E-state index contributed by atoms with van der Waals surface area (Å²) in [6.07, 6.45) is 3.11.